The van der Waals surface area contributed by atoms with Gasteiger partial charge in [0.05, 0.1) is 12.7 Å². The Labute approximate surface area is 160 Å². The number of ether oxygens (including phenoxy) is 3. The van der Waals surface area contributed by atoms with Gasteiger partial charge in [0.25, 0.3) is 11.8 Å². The van der Waals surface area contributed by atoms with Crippen molar-refractivity contribution in [1.82, 2.24) is 5.32 Å². The minimum atomic E-state index is -0.706. The van der Waals surface area contributed by atoms with Gasteiger partial charge in [-0.2, -0.15) is 0 Å². The molecule has 0 spiro atoms. The Morgan fingerprint density at radius 2 is 1.68 bits per heavy atom. The number of halogens is 1. The number of esters is 1. The molecule has 9 heteroatoms. The molecule has 2 aromatic carbocycles. The first-order valence-corrected chi connectivity index (χ1v) is 8.17. The monoisotopic (exact) mass is 390 g/mol. The average molecular weight is 390 g/mol. The molecule has 8 nitrogen and oxygen atoms in total. The number of benzene rings is 2. The Morgan fingerprint density at radius 3 is 2.32 bits per heavy atom. The van der Waals surface area contributed by atoms with Gasteiger partial charge in [0.1, 0.15) is 5.82 Å². The Balaban J connectivity index is 1.95. The van der Waals surface area contributed by atoms with E-state index in [0.717, 1.165) is 0 Å². The summed E-state index contributed by atoms with van der Waals surface area (Å²) in [5.41, 5.74) is 0.583. The van der Waals surface area contributed by atoms with Crippen molar-refractivity contribution in [1.29, 1.82) is 0 Å². The maximum Gasteiger partial charge on any atom is 0.338 e. The summed E-state index contributed by atoms with van der Waals surface area (Å²) in [6.45, 7) is -0.729. The minimum absolute atomic E-state index is 0.156. The smallest absolute Gasteiger partial charge is 0.338 e. The zero-order valence-electron chi connectivity index (χ0n) is 15.3. The van der Waals surface area contributed by atoms with E-state index in [1.807, 2.05) is 0 Å². The first-order chi connectivity index (χ1) is 13.4. The number of hydrogen-bond acceptors (Lipinski definition) is 6. The van der Waals surface area contributed by atoms with Gasteiger partial charge in [-0.1, -0.05) is 0 Å². The number of nitrogens with one attached hydrogen (secondary N) is 2. The molecule has 0 fully saturated rings. The van der Waals surface area contributed by atoms with E-state index in [1.165, 1.54) is 56.6 Å². The highest BCUT2D eigenvalue weighted by molar-refractivity contribution is 5.93. The van der Waals surface area contributed by atoms with Crippen LogP contribution in [0.3, 0.4) is 0 Å². The molecule has 0 saturated heterocycles. The largest absolute Gasteiger partial charge is 0.493 e. The van der Waals surface area contributed by atoms with Crippen LogP contribution in [0.2, 0.25) is 0 Å². The molecule has 0 aromatic heterocycles. The van der Waals surface area contributed by atoms with Gasteiger partial charge in [0.2, 0.25) is 0 Å². The quantitative estimate of drug-likeness (QED) is 0.666. The third-order valence-corrected chi connectivity index (χ3v) is 3.50. The molecule has 0 heterocycles. The van der Waals surface area contributed by atoms with Crippen LogP contribution in [0.15, 0.2) is 42.5 Å². The summed E-state index contributed by atoms with van der Waals surface area (Å²) in [6.07, 6.45) is 0. The molecule has 0 unspecified atom stereocenters. The molecule has 2 rings (SSSR count). The molecule has 0 aliphatic heterocycles. The van der Waals surface area contributed by atoms with Crippen molar-refractivity contribution < 1.29 is 33.0 Å². The van der Waals surface area contributed by atoms with Crippen LogP contribution < -0.4 is 20.1 Å². The second kappa shape index (κ2) is 9.91. The maximum absolute atomic E-state index is 12.9. The highest BCUT2D eigenvalue weighted by atomic mass is 19.1. The molecule has 2 aromatic rings. The topological polar surface area (TPSA) is 103 Å². The predicted octanol–water partition coefficient (Wildman–Crippen LogP) is 1.75. The molecular weight excluding hydrogens is 371 g/mol. The highest BCUT2D eigenvalue weighted by Crippen LogP contribution is 2.28. The molecule has 28 heavy (non-hydrogen) atoms. The summed E-state index contributed by atoms with van der Waals surface area (Å²) in [5, 5.41) is 4.89. The SMILES string of the molecule is CNC(=O)COC(=O)c1ccc(OCC(=O)Nc2ccc(F)cc2)c(OC)c1. The zero-order valence-corrected chi connectivity index (χ0v) is 15.3. The van der Waals surface area contributed by atoms with Crippen LogP contribution in [0.25, 0.3) is 0 Å². The molecule has 2 N–H and O–H groups in total. The second-order valence-electron chi connectivity index (χ2n) is 5.46. The van der Waals surface area contributed by atoms with Gasteiger partial charge in [-0.3, -0.25) is 9.59 Å². The standard InChI is InChI=1S/C19H19FN2O6/c1-21-17(23)10-28-19(25)12-3-8-15(16(9-12)26-2)27-11-18(24)22-14-6-4-13(20)5-7-14/h3-9H,10-11H2,1-2H3,(H,21,23)(H,22,24). The van der Waals surface area contributed by atoms with Crippen LogP contribution >= 0.6 is 0 Å². The van der Waals surface area contributed by atoms with E-state index < -0.39 is 30.2 Å². The van der Waals surface area contributed by atoms with E-state index in [0.29, 0.717) is 5.69 Å². The number of methoxy groups -OCH3 is 1. The van der Waals surface area contributed by atoms with E-state index in [9.17, 15) is 18.8 Å². The first kappa shape index (κ1) is 20.7. The van der Waals surface area contributed by atoms with Crippen LogP contribution in [0.1, 0.15) is 10.4 Å². The molecule has 0 atom stereocenters. The number of carbonyl (C=O) groups excluding carboxylic acids is 3. The molecule has 0 bridgehead atoms. The summed E-state index contributed by atoms with van der Waals surface area (Å²) in [7, 11) is 2.80. The summed E-state index contributed by atoms with van der Waals surface area (Å²) in [5.74, 6) is -1.56. The molecular formula is C19H19FN2O6. The fourth-order valence-electron chi connectivity index (χ4n) is 2.07. The number of likely N-dealkylation sites (N-methyl/N-ethyl adjacent to an activating group) is 1. The Kier molecular flexibility index (Phi) is 7.32. The van der Waals surface area contributed by atoms with Crippen molar-refractivity contribution in [3.63, 3.8) is 0 Å². The van der Waals surface area contributed by atoms with Crippen molar-refractivity contribution in [2.45, 2.75) is 0 Å². The lowest BCUT2D eigenvalue weighted by molar-refractivity contribution is -0.123. The lowest BCUT2D eigenvalue weighted by atomic mass is 10.2. The van der Waals surface area contributed by atoms with Crippen LogP contribution in [-0.2, 0) is 14.3 Å². The number of rotatable bonds is 8. The van der Waals surface area contributed by atoms with Gasteiger partial charge in [-0.25, -0.2) is 9.18 Å². The van der Waals surface area contributed by atoms with E-state index in [4.69, 9.17) is 14.2 Å². The molecule has 2 amide bonds. The normalized spacial score (nSPS) is 9.96. The lowest BCUT2D eigenvalue weighted by Gasteiger charge is -2.12. The van der Waals surface area contributed by atoms with E-state index in [-0.39, 0.29) is 23.7 Å². The average Bonchev–Trinajstić information content (AvgIpc) is 2.71. The number of carbonyl (C=O) groups is 3. The van der Waals surface area contributed by atoms with Gasteiger partial charge in [-0.15, -0.1) is 0 Å². The number of amides is 2. The Hall–Kier alpha value is -3.62. The third kappa shape index (κ3) is 5.97. The van der Waals surface area contributed by atoms with Gasteiger partial charge in [0.15, 0.2) is 24.7 Å². The van der Waals surface area contributed by atoms with Crippen molar-refractivity contribution in [3.05, 3.63) is 53.8 Å². The second-order valence-corrected chi connectivity index (χ2v) is 5.46. The van der Waals surface area contributed by atoms with Crippen molar-refractivity contribution in [2.24, 2.45) is 0 Å². The van der Waals surface area contributed by atoms with Gasteiger partial charge >= 0.3 is 5.97 Å². The minimum Gasteiger partial charge on any atom is -0.493 e. The van der Waals surface area contributed by atoms with E-state index in [1.54, 1.807) is 0 Å². The molecule has 0 aliphatic rings. The fraction of sp³-hybridized carbons (Fsp3) is 0.211. The van der Waals surface area contributed by atoms with E-state index >= 15 is 0 Å². The maximum atomic E-state index is 12.9. The first-order valence-electron chi connectivity index (χ1n) is 8.17. The summed E-state index contributed by atoms with van der Waals surface area (Å²) >= 11 is 0. The predicted molar refractivity (Wildman–Crippen MR) is 97.9 cm³/mol. The van der Waals surface area contributed by atoms with Crippen LogP contribution in [-0.4, -0.2) is 45.2 Å². The molecule has 0 saturated carbocycles. The Bertz CT molecular complexity index is 854. The van der Waals surface area contributed by atoms with Crippen LogP contribution in [0.5, 0.6) is 11.5 Å². The highest BCUT2D eigenvalue weighted by Gasteiger charge is 2.14. The molecule has 0 aliphatic carbocycles. The third-order valence-electron chi connectivity index (χ3n) is 3.50. The lowest BCUT2D eigenvalue weighted by Crippen LogP contribution is -2.25. The van der Waals surface area contributed by atoms with Gasteiger partial charge in [-0.05, 0) is 42.5 Å². The van der Waals surface area contributed by atoms with Gasteiger partial charge in [0, 0.05) is 12.7 Å². The number of anilines is 1. The number of hydrogen-bond donors (Lipinski definition) is 2. The summed E-state index contributed by atoms with van der Waals surface area (Å²) in [4.78, 5) is 35.0. The van der Waals surface area contributed by atoms with Crippen LogP contribution in [0.4, 0.5) is 10.1 Å². The summed E-state index contributed by atoms with van der Waals surface area (Å²) < 4.78 is 28.3. The summed E-state index contributed by atoms with van der Waals surface area (Å²) in [6, 6.07) is 9.53. The van der Waals surface area contributed by atoms with Gasteiger partial charge < -0.3 is 24.8 Å². The van der Waals surface area contributed by atoms with Crippen molar-refractivity contribution in [3.8, 4) is 11.5 Å². The molecule has 0 radical (unpaired) electrons. The Morgan fingerprint density at radius 1 is 0.964 bits per heavy atom. The van der Waals surface area contributed by atoms with Crippen molar-refractivity contribution in [2.75, 3.05) is 32.7 Å². The fourth-order valence-corrected chi connectivity index (χ4v) is 2.07. The zero-order chi connectivity index (χ0) is 20.5. The van der Waals surface area contributed by atoms with Crippen LogP contribution in [0, 0.1) is 5.82 Å². The van der Waals surface area contributed by atoms with Crippen molar-refractivity contribution >= 4 is 23.5 Å². The molecule has 148 valence electrons. The van der Waals surface area contributed by atoms with E-state index in [2.05, 4.69) is 10.6 Å².